The summed E-state index contributed by atoms with van der Waals surface area (Å²) in [7, 11) is 0. The Balaban J connectivity index is 2.09. The molecule has 1 atom stereocenters. The molecule has 7 nitrogen and oxygen atoms in total. The van der Waals surface area contributed by atoms with Crippen LogP contribution >= 0.6 is 0 Å². The van der Waals surface area contributed by atoms with E-state index >= 15 is 0 Å². The van der Waals surface area contributed by atoms with E-state index in [1.807, 2.05) is 0 Å². The molecule has 0 radical (unpaired) electrons. The molecule has 1 aliphatic rings. The van der Waals surface area contributed by atoms with E-state index in [-0.39, 0.29) is 18.2 Å². The topological polar surface area (TPSA) is 88.7 Å². The molecule has 0 spiro atoms. The number of nitrogens with one attached hydrogen (secondary N) is 1. The number of esters is 2. The Morgan fingerprint density at radius 2 is 1.76 bits per heavy atom. The van der Waals surface area contributed by atoms with Crippen LogP contribution in [0.2, 0.25) is 0 Å². The maximum atomic E-state index is 12.4. The lowest BCUT2D eigenvalue weighted by Gasteiger charge is -2.28. The van der Waals surface area contributed by atoms with Gasteiger partial charge in [-0.1, -0.05) is 0 Å². The van der Waals surface area contributed by atoms with Gasteiger partial charge in [-0.2, -0.15) is 0 Å². The van der Waals surface area contributed by atoms with Crippen LogP contribution in [-0.4, -0.2) is 53.5 Å². The number of carbonyl (C=O) groups excluding carboxylic acids is 3. The SMILES string of the molecule is CCOC(=O)c1c(C)[nH]c(C(=O)O[C@H](C)C(=O)N2CCCCC2)c1C. The first-order valence-corrected chi connectivity index (χ1v) is 8.72. The number of aromatic amines is 1. The minimum Gasteiger partial charge on any atom is -0.462 e. The van der Waals surface area contributed by atoms with E-state index in [2.05, 4.69) is 4.98 Å². The van der Waals surface area contributed by atoms with E-state index in [0.29, 0.717) is 29.9 Å². The Hall–Kier alpha value is -2.31. The third-order valence-corrected chi connectivity index (χ3v) is 4.42. The molecule has 2 heterocycles. The Morgan fingerprint density at radius 3 is 2.36 bits per heavy atom. The summed E-state index contributed by atoms with van der Waals surface area (Å²) in [6.45, 7) is 8.30. The minimum atomic E-state index is -0.861. The van der Waals surface area contributed by atoms with E-state index in [1.165, 1.54) is 0 Å². The van der Waals surface area contributed by atoms with Gasteiger partial charge in [-0.15, -0.1) is 0 Å². The standard InChI is InChI=1S/C18H26N2O5/c1-5-24-17(22)14-11(2)15(19-12(14)3)18(23)25-13(4)16(21)20-9-7-6-8-10-20/h13,19H,5-10H2,1-4H3/t13-/m1/s1. The van der Waals surface area contributed by atoms with E-state index in [1.54, 1.807) is 32.6 Å². The lowest BCUT2D eigenvalue weighted by atomic mass is 10.1. The van der Waals surface area contributed by atoms with Crippen LogP contribution in [0.5, 0.6) is 0 Å². The highest BCUT2D eigenvalue weighted by Crippen LogP contribution is 2.20. The number of rotatable bonds is 5. The molecule has 0 unspecified atom stereocenters. The van der Waals surface area contributed by atoms with Gasteiger partial charge in [0.05, 0.1) is 12.2 Å². The van der Waals surface area contributed by atoms with Gasteiger partial charge in [0.25, 0.3) is 5.91 Å². The van der Waals surface area contributed by atoms with Crippen molar-refractivity contribution in [3.05, 3.63) is 22.5 Å². The second-order valence-corrected chi connectivity index (χ2v) is 6.28. The maximum Gasteiger partial charge on any atom is 0.355 e. The summed E-state index contributed by atoms with van der Waals surface area (Å²) in [5.74, 6) is -1.31. The maximum absolute atomic E-state index is 12.4. The minimum absolute atomic E-state index is 0.179. The molecular formula is C18H26N2O5. The first-order chi connectivity index (χ1) is 11.9. The highest BCUT2D eigenvalue weighted by molar-refractivity contribution is 5.99. The Labute approximate surface area is 147 Å². The fraction of sp³-hybridized carbons (Fsp3) is 0.611. The average Bonchev–Trinajstić information content (AvgIpc) is 2.89. The first kappa shape index (κ1) is 19.0. The fourth-order valence-corrected chi connectivity index (χ4v) is 3.10. The van der Waals surface area contributed by atoms with Crippen molar-refractivity contribution in [1.29, 1.82) is 0 Å². The number of piperidine rings is 1. The Bertz CT molecular complexity index is 659. The second-order valence-electron chi connectivity index (χ2n) is 6.28. The molecule has 1 aliphatic heterocycles. The van der Waals surface area contributed by atoms with Crippen LogP contribution < -0.4 is 0 Å². The zero-order chi connectivity index (χ0) is 18.6. The van der Waals surface area contributed by atoms with Gasteiger partial charge >= 0.3 is 11.9 Å². The molecule has 138 valence electrons. The highest BCUT2D eigenvalue weighted by atomic mass is 16.5. The van der Waals surface area contributed by atoms with Crippen molar-refractivity contribution in [2.24, 2.45) is 0 Å². The van der Waals surface area contributed by atoms with E-state index in [0.717, 1.165) is 19.3 Å². The number of hydrogen-bond acceptors (Lipinski definition) is 5. The lowest BCUT2D eigenvalue weighted by Crippen LogP contribution is -2.42. The number of amides is 1. The number of ether oxygens (including phenoxy) is 2. The molecule has 25 heavy (non-hydrogen) atoms. The van der Waals surface area contributed by atoms with Crippen LogP contribution in [0.15, 0.2) is 0 Å². The molecule has 1 aromatic rings. The summed E-state index contributed by atoms with van der Waals surface area (Å²) in [4.78, 5) is 41.4. The van der Waals surface area contributed by atoms with Crippen molar-refractivity contribution < 1.29 is 23.9 Å². The molecule has 1 amide bonds. The van der Waals surface area contributed by atoms with Gasteiger partial charge in [-0.25, -0.2) is 9.59 Å². The van der Waals surface area contributed by atoms with Crippen LogP contribution in [0, 0.1) is 13.8 Å². The summed E-state index contributed by atoms with van der Waals surface area (Å²) >= 11 is 0. The zero-order valence-electron chi connectivity index (χ0n) is 15.3. The fourth-order valence-electron chi connectivity index (χ4n) is 3.10. The molecule has 0 aliphatic carbocycles. The highest BCUT2D eigenvalue weighted by Gasteiger charge is 2.28. The van der Waals surface area contributed by atoms with Crippen molar-refractivity contribution in [3.8, 4) is 0 Å². The summed E-state index contributed by atoms with van der Waals surface area (Å²) in [6.07, 6.45) is 2.21. The van der Waals surface area contributed by atoms with Crippen LogP contribution in [0.1, 0.15) is 65.2 Å². The summed E-state index contributed by atoms with van der Waals surface area (Å²) in [5.41, 5.74) is 1.53. The molecule has 0 aromatic carbocycles. The molecule has 0 saturated carbocycles. The monoisotopic (exact) mass is 350 g/mol. The van der Waals surface area contributed by atoms with Gasteiger partial charge in [0.15, 0.2) is 6.10 Å². The third kappa shape index (κ3) is 4.21. The number of aromatic nitrogens is 1. The van der Waals surface area contributed by atoms with Gasteiger partial charge < -0.3 is 19.4 Å². The van der Waals surface area contributed by atoms with Crippen molar-refractivity contribution in [2.75, 3.05) is 19.7 Å². The number of likely N-dealkylation sites (tertiary alicyclic amines) is 1. The summed E-state index contributed by atoms with van der Waals surface area (Å²) in [6, 6.07) is 0. The summed E-state index contributed by atoms with van der Waals surface area (Å²) in [5, 5.41) is 0. The second kappa shape index (κ2) is 8.18. The number of hydrogen-bond donors (Lipinski definition) is 1. The van der Waals surface area contributed by atoms with Crippen LogP contribution in [-0.2, 0) is 14.3 Å². The van der Waals surface area contributed by atoms with Gasteiger partial charge in [-0.3, -0.25) is 4.79 Å². The van der Waals surface area contributed by atoms with Gasteiger partial charge in [0, 0.05) is 18.8 Å². The number of carbonyl (C=O) groups is 3. The number of nitrogens with zero attached hydrogens (tertiary/aromatic N) is 1. The van der Waals surface area contributed by atoms with Gasteiger partial charge in [0.1, 0.15) is 5.69 Å². The van der Waals surface area contributed by atoms with Crippen LogP contribution in [0.4, 0.5) is 0 Å². The van der Waals surface area contributed by atoms with Gasteiger partial charge in [-0.05, 0) is 52.5 Å². The largest absolute Gasteiger partial charge is 0.462 e. The molecule has 1 aromatic heterocycles. The van der Waals surface area contributed by atoms with Crippen molar-refractivity contribution in [1.82, 2.24) is 9.88 Å². The molecule has 0 bridgehead atoms. The number of aryl methyl sites for hydroxylation is 1. The van der Waals surface area contributed by atoms with Gasteiger partial charge in [0.2, 0.25) is 0 Å². The molecule has 2 rings (SSSR count). The molecule has 1 fully saturated rings. The van der Waals surface area contributed by atoms with Crippen molar-refractivity contribution in [2.45, 2.75) is 53.1 Å². The molecule has 1 N–H and O–H groups in total. The predicted molar refractivity (Wildman–Crippen MR) is 91.5 cm³/mol. The zero-order valence-corrected chi connectivity index (χ0v) is 15.3. The van der Waals surface area contributed by atoms with E-state index < -0.39 is 18.0 Å². The lowest BCUT2D eigenvalue weighted by molar-refractivity contribution is -0.140. The number of H-pyrrole nitrogens is 1. The van der Waals surface area contributed by atoms with Crippen molar-refractivity contribution in [3.63, 3.8) is 0 Å². The van der Waals surface area contributed by atoms with E-state index in [4.69, 9.17) is 9.47 Å². The van der Waals surface area contributed by atoms with Crippen LogP contribution in [0.3, 0.4) is 0 Å². The third-order valence-electron chi connectivity index (χ3n) is 4.42. The van der Waals surface area contributed by atoms with Crippen molar-refractivity contribution >= 4 is 17.8 Å². The predicted octanol–water partition coefficient (Wildman–Crippen LogP) is 2.37. The summed E-state index contributed by atoms with van der Waals surface area (Å²) < 4.78 is 10.3. The quantitative estimate of drug-likeness (QED) is 0.824. The normalized spacial score (nSPS) is 15.6. The Kier molecular flexibility index (Phi) is 6.22. The molecule has 7 heteroatoms. The first-order valence-electron chi connectivity index (χ1n) is 8.72. The molecular weight excluding hydrogens is 324 g/mol. The Morgan fingerprint density at radius 1 is 1.12 bits per heavy atom. The smallest absolute Gasteiger partial charge is 0.355 e. The molecule has 1 saturated heterocycles. The van der Waals surface area contributed by atoms with Crippen LogP contribution in [0.25, 0.3) is 0 Å². The average molecular weight is 350 g/mol. The van der Waals surface area contributed by atoms with E-state index in [9.17, 15) is 14.4 Å².